The molecule has 1 aliphatic rings. The Morgan fingerprint density at radius 1 is 1.43 bits per heavy atom. The maximum atomic E-state index is 5.00. The van der Waals surface area contributed by atoms with Crippen molar-refractivity contribution in [2.45, 2.75) is 32.2 Å². The standard InChI is InChI=1S/C11H23NOS/c1-10(11-4-5-11)12-6-9-14-8-3-7-13-2/h10-12H,3-9H2,1-2H3. The SMILES string of the molecule is COCCCSCCNC(C)C1CC1. The molecule has 1 fully saturated rings. The van der Waals surface area contributed by atoms with Crippen LogP contribution in [0.4, 0.5) is 0 Å². The van der Waals surface area contributed by atoms with E-state index in [9.17, 15) is 0 Å². The summed E-state index contributed by atoms with van der Waals surface area (Å²) in [4.78, 5) is 0. The minimum absolute atomic E-state index is 0.745. The second-order valence-electron chi connectivity index (χ2n) is 4.04. The van der Waals surface area contributed by atoms with Crippen LogP contribution in [0, 0.1) is 5.92 Å². The van der Waals surface area contributed by atoms with Crippen molar-refractivity contribution in [1.82, 2.24) is 5.32 Å². The lowest BCUT2D eigenvalue weighted by Crippen LogP contribution is -2.29. The van der Waals surface area contributed by atoms with Crippen molar-refractivity contribution in [3.63, 3.8) is 0 Å². The number of hydrogen-bond acceptors (Lipinski definition) is 3. The predicted octanol–water partition coefficient (Wildman–Crippen LogP) is 2.14. The van der Waals surface area contributed by atoms with Gasteiger partial charge in [0, 0.05) is 32.1 Å². The van der Waals surface area contributed by atoms with Crippen LogP contribution in [-0.2, 0) is 4.74 Å². The molecule has 0 aromatic carbocycles. The van der Waals surface area contributed by atoms with E-state index in [4.69, 9.17) is 4.74 Å². The Bertz CT molecular complexity index is 139. The van der Waals surface area contributed by atoms with Crippen molar-refractivity contribution >= 4 is 11.8 Å². The fourth-order valence-electron chi connectivity index (χ4n) is 1.53. The molecule has 1 saturated carbocycles. The van der Waals surface area contributed by atoms with Gasteiger partial charge in [-0.15, -0.1) is 0 Å². The Morgan fingerprint density at radius 3 is 2.86 bits per heavy atom. The Kier molecular flexibility index (Phi) is 6.65. The van der Waals surface area contributed by atoms with Gasteiger partial charge in [0.25, 0.3) is 0 Å². The van der Waals surface area contributed by atoms with E-state index < -0.39 is 0 Å². The minimum atomic E-state index is 0.745. The van der Waals surface area contributed by atoms with Crippen LogP contribution in [0.3, 0.4) is 0 Å². The molecule has 0 radical (unpaired) electrons. The Balaban J connectivity index is 1.75. The number of thioether (sulfide) groups is 1. The van der Waals surface area contributed by atoms with Gasteiger partial charge in [-0.1, -0.05) is 0 Å². The largest absolute Gasteiger partial charge is 0.385 e. The maximum absolute atomic E-state index is 5.00. The average molecular weight is 217 g/mol. The zero-order valence-corrected chi connectivity index (χ0v) is 10.2. The first-order chi connectivity index (χ1) is 6.84. The molecule has 0 bridgehead atoms. The van der Waals surface area contributed by atoms with Gasteiger partial charge in [-0.2, -0.15) is 11.8 Å². The summed E-state index contributed by atoms with van der Waals surface area (Å²) in [6.07, 6.45) is 4.06. The normalized spacial score (nSPS) is 18.4. The van der Waals surface area contributed by atoms with Gasteiger partial charge >= 0.3 is 0 Å². The van der Waals surface area contributed by atoms with E-state index in [1.807, 2.05) is 11.8 Å². The van der Waals surface area contributed by atoms with Gasteiger partial charge in [0.05, 0.1) is 0 Å². The molecule has 1 rings (SSSR count). The van der Waals surface area contributed by atoms with Crippen LogP contribution in [0.15, 0.2) is 0 Å². The molecule has 0 saturated heterocycles. The highest BCUT2D eigenvalue weighted by Gasteiger charge is 2.26. The highest BCUT2D eigenvalue weighted by atomic mass is 32.2. The van der Waals surface area contributed by atoms with Crippen LogP contribution >= 0.6 is 11.8 Å². The number of rotatable bonds is 9. The van der Waals surface area contributed by atoms with Crippen LogP contribution < -0.4 is 5.32 Å². The van der Waals surface area contributed by atoms with Crippen molar-refractivity contribution in [1.29, 1.82) is 0 Å². The van der Waals surface area contributed by atoms with Gasteiger partial charge < -0.3 is 10.1 Å². The first kappa shape index (κ1) is 12.3. The fraction of sp³-hybridized carbons (Fsp3) is 1.00. The molecule has 0 spiro atoms. The summed E-state index contributed by atoms with van der Waals surface area (Å²) in [5.74, 6) is 3.45. The Hall–Kier alpha value is 0.270. The van der Waals surface area contributed by atoms with E-state index in [1.165, 1.54) is 30.8 Å². The summed E-state index contributed by atoms with van der Waals surface area (Å²) in [6.45, 7) is 4.38. The van der Waals surface area contributed by atoms with Crippen molar-refractivity contribution < 1.29 is 4.74 Å². The lowest BCUT2D eigenvalue weighted by molar-refractivity contribution is 0.200. The van der Waals surface area contributed by atoms with Crippen molar-refractivity contribution in [3.05, 3.63) is 0 Å². The molecule has 2 nitrogen and oxygen atoms in total. The average Bonchev–Trinajstić information content (AvgIpc) is 2.99. The molecule has 14 heavy (non-hydrogen) atoms. The quantitative estimate of drug-likeness (QED) is 0.598. The molecule has 3 heteroatoms. The van der Waals surface area contributed by atoms with Crippen molar-refractivity contribution in [2.75, 3.05) is 31.8 Å². The summed E-state index contributed by atoms with van der Waals surface area (Å²) >= 11 is 2.02. The summed E-state index contributed by atoms with van der Waals surface area (Å²) in [6, 6.07) is 0.745. The van der Waals surface area contributed by atoms with E-state index >= 15 is 0 Å². The fourth-order valence-corrected chi connectivity index (χ4v) is 2.32. The van der Waals surface area contributed by atoms with Gasteiger partial charge in [-0.3, -0.25) is 0 Å². The van der Waals surface area contributed by atoms with Crippen molar-refractivity contribution in [2.24, 2.45) is 5.92 Å². The summed E-state index contributed by atoms with van der Waals surface area (Å²) in [5.41, 5.74) is 0. The molecular weight excluding hydrogens is 194 g/mol. The summed E-state index contributed by atoms with van der Waals surface area (Å²) < 4.78 is 5.00. The molecule has 0 amide bonds. The molecule has 1 atom stereocenters. The third kappa shape index (κ3) is 5.89. The predicted molar refractivity (Wildman–Crippen MR) is 64.0 cm³/mol. The molecule has 1 aliphatic carbocycles. The van der Waals surface area contributed by atoms with Crippen molar-refractivity contribution in [3.8, 4) is 0 Å². The van der Waals surface area contributed by atoms with Gasteiger partial charge in [0.15, 0.2) is 0 Å². The summed E-state index contributed by atoms with van der Waals surface area (Å²) in [5, 5.41) is 3.58. The monoisotopic (exact) mass is 217 g/mol. The number of nitrogens with one attached hydrogen (secondary N) is 1. The molecule has 0 aromatic heterocycles. The van der Waals surface area contributed by atoms with Crippen LogP contribution in [0.1, 0.15) is 26.2 Å². The zero-order chi connectivity index (χ0) is 10.2. The highest BCUT2D eigenvalue weighted by molar-refractivity contribution is 7.99. The van der Waals surface area contributed by atoms with Gasteiger partial charge in [0.2, 0.25) is 0 Å². The molecule has 84 valence electrons. The Morgan fingerprint density at radius 2 is 2.21 bits per heavy atom. The molecule has 0 aliphatic heterocycles. The smallest absolute Gasteiger partial charge is 0.0470 e. The topological polar surface area (TPSA) is 21.3 Å². The second-order valence-corrected chi connectivity index (χ2v) is 5.26. The van der Waals surface area contributed by atoms with Crippen LogP contribution in [0.5, 0.6) is 0 Å². The Labute approximate surface area is 92.2 Å². The minimum Gasteiger partial charge on any atom is -0.385 e. The maximum Gasteiger partial charge on any atom is 0.0470 e. The second kappa shape index (κ2) is 7.55. The molecule has 1 unspecified atom stereocenters. The number of methoxy groups -OCH3 is 1. The van der Waals surface area contributed by atoms with Gasteiger partial charge in [-0.25, -0.2) is 0 Å². The number of ether oxygens (including phenoxy) is 1. The lowest BCUT2D eigenvalue weighted by atomic mass is 10.2. The third-order valence-corrected chi connectivity index (χ3v) is 3.75. The molecule has 1 N–H and O–H groups in total. The van der Waals surface area contributed by atoms with E-state index in [-0.39, 0.29) is 0 Å². The van der Waals surface area contributed by atoms with Crippen LogP contribution in [0.2, 0.25) is 0 Å². The van der Waals surface area contributed by atoms with E-state index in [0.717, 1.165) is 25.1 Å². The van der Waals surface area contributed by atoms with E-state index in [1.54, 1.807) is 7.11 Å². The van der Waals surface area contributed by atoms with E-state index in [0.29, 0.717) is 0 Å². The molecular formula is C11H23NOS. The number of hydrogen-bond donors (Lipinski definition) is 1. The van der Waals surface area contributed by atoms with Crippen LogP contribution in [0.25, 0.3) is 0 Å². The first-order valence-corrected chi connectivity index (χ1v) is 6.80. The third-order valence-electron chi connectivity index (χ3n) is 2.68. The van der Waals surface area contributed by atoms with Crippen LogP contribution in [-0.4, -0.2) is 37.8 Å². The first-order valence-electron chi connectivity index (χ1n) is 5.64. The van der Waals surface area contributed by atoms with E-state index in [2.05, 4.69) is 12.2 Å². The zero-order valence-electron chi connectivity index (χ0n) is 9.42. The van der Waals surface area contributed by atoms with Gasteiger partial charge in [-0.05, 0) is 37.9 Å². The lowest BCUT2D eigenvalue weighted by Gasteiger charge is -2.11. The highest BCUT2D eigenvalue weighted by Crippen LogP contribution is 2.32. The van der Waals surface area contributed by atoms with Gasteiger partial charge in [0.1, 0.15) is 0 Å². The summed E-state index contributed by atoms with van der Waals surface area (Å²) in [7, 11) is 1.77. The molecule has 0 heterocycles. The molecule has 0 aromatic rings.